The van der Waals surface area contributed by atoms with Gasteiger partial charge in [-0.1, -0.05) is 12.1 Å². The van der Waals surface area contributed by atoms with E-state index in [1.165, 1.54) is 12.1 Å². The number of rotatable bonds is 8. The van der Waals surface area contributed by atoms with Crippen molar-refractivity contribution in [1.82, 2.24) is 15.4 Å². The number of hydrogen-bond acceptors (Lipinski definition) is 4. The van der Waals surface area contributed by atoms with Gasteiger partial charge in [-0.05, 0) is 43.0 Å². The first kappa shape index (κ1) is 24.7. The summed E-state index contributed by atoms with van der Waals surface area (Å²) in [6.07, 6.45) is 0. The van der Waals surface area contributed by atoms with Gasteiger partial charge in [0.25, 0.3) is 0 Å². The standard InChI is InChI=1S/C17H22F2N4O2S2.HI/c1-3-20-17(23-12(2)13-6-7-14(18)15(19)11-13)21-8-9-22-27(24,25)16-5-4-10-26-16;/h4-7,10-12,22H,3,8-9H2,1-2H3,(H2,20,21,23);1H. The number of sulfonamides is 1. The van der Waals surface area contributed by atoms with Crippen molar-refractivity contribution in [1.29, 1.82) is 0 Å². The Kier molecular flexibility index (Phi) is 10.3. The quantitative estimate of drug-likeness (QED) is 0.206. The van der Waals surface area contributed by atoms with E-state index < -0.39 is 21.7 Å². The minimum Gasteiger partial charge on any atom is -0.357 e. The average Bonchev–Trinajstić information content (AvgIpc) is 3.16. The van der Waals surface area contributed by atoms with Crippen LogP contribution in [0.2, 0.25) is 0 Å². The number of thiophene rings is 1. The predicted octanol–water partition coefficient (Wildman–Crippen LogP) is 3.24. The smallest absolute Gasteiger partial charge is 0.250 e. The number of hydrogen-bond donors (Lipinski definition) is 3. The van der Waals surface area contributed by atoms with Crippen LogP contribution in [0.25, 0.3) is 0 Å². The molecular weight excluding hydrogens is 521 g/mol. The molecule has 6 nitrogen and oxygen atoms in total. The van der Waals surface area contributed by atoms with Crippen LogP contribution >= 0.6 is 35.3 Å². The van der Waals surface area contributed by atoms with Crippen LogP contribution in [0.3, 0.4) is 0 Å². The summed E-state index contributed by atoms with van der Waals surface area (Å²) in [6, 6.07) is 6.59. The zero-order valence-electron chi connectivity index (χ0n) is 15.4. The Bertz CT molecular complexity index is 877. The van der Waals surface area contributed by atoms with Crippen LogP contribution in [-0.4, -0.2) is 34.0 Å². The van der Waals surface area contributed by atoms with Crippen molar-refractivity contribution in [2.75, 3.05) is 19.6 Å². The van der Waals surface area contributed by atoms with Crippen LogP contribution in [-0.2, 0) is 10.0 Å². The first-order chi connectivity index (χ1) is 12.8. The molecule has 0 spiro atoms. The molecule has 0 aliphatic carbocycles. The molecule has 0 amide bonds. The highest BCUT2D eigenvalue weighted by atomic mass is 127. The summed E-state index contributed by atoms with van der Waals surface area (Å²) in [6.45, 7) is 4.62. The number of halogens is 3. The summed E-state index contributed by atoms with van der Waals surface area (Å²) in [5.41, 5.74) is 0.568. The maximum Gasteiger partial charge on any atom is 0.250 e. The molecule has 0 aliphatic rings. The van der Waals surface area contributed by atoms with Crippen LogP contribution in [0.15, 0.2) is 44.9 Å². The lowest BCUT2D eigenvalue weighted by molar-refractivity contribution is 0.504. The molecule has 0 saturated heterocycles. The second-order valence-corrected chi connectivity index (χ2v) is 8.57. The van der Waals surface area contributed by atoms with Crippen molar-refractivity contribution in [2.45, 2.75) is 24.1 Å². The Morgan fingerprint density at radius 3 is 2.61 bits per heavy atom. The molecule has 3 N–H and O–H groups in total. The van der Waals surface area contributed by atoms with Gasteiger partial charge in [0.1, 0.15) is 4.21 Å². The molecule has 0 fully saturated rings. The van der Waals surface area contributed by atoms with Crippen molar-refractivity contribution < 1.29 is 17.2 Å². The van der Waals surface area contributed by atoms with Crippen LogP contribution in [0, 0.1) is 11.6 Å². The largest absolute Gasteiger partial charge is 0.357 e. The molecule has 1 unspecified atom stereocenters. The fraction of sp³-hybridized carbons (Fsp3) is 0.353. The third kappa shape index (κ3) is 7.26. The Hall–Kier alpha value is -1.31. The lowest BCUT2D eigenvalue weighted by Gasteiger charge is -2.18. The minimum absolute atomic E-state index is 0. The van der Waals surface area contributed by atoms with Crippen molar-refractivity contribution >= 4 is 51.3 Å². The Morgan fingerprint density at radius 2 is 2.00 bits per heavy atom. The molecule has 2 rings (SSSR count). The van der Waals surface area contributed by atoms with Crippen molar-refractivity contribution in [3.63, 3.8) is 0 Å². The fourth-order valence-electron chi connectivity index (χ4n) is 2.23. The van der Waals surface area contributed by atoms with E-state index in [2.05, 4.69) is 20.3 Å². The molecule has 1 aromatic carbocycles. The lowest BCUT2D eigenvalue weighted by atomic mass is 10.1. The van der Waals surface area contributed by atoms with Gasteiger partial charge in [-0.3, -0.25) is 4.99 Å². The van der Waals surface area contributed by atoms with E-state index in [-0.39, 0.29) is 47.3 Å². The van der Waals surface area contributed by atoms with Gasteiger partial charge in [0.15, 0.2) is 17.6 Å². The second-order valence-electron chi connectivity index (χ2n) is 5.63. The van der Waals surface area contributed by atoms with Gasteiger partial charge in [0, 0.05) is 13.1 Å². The summed E-state index contributed by atoms with van der Waals surface area (Å²) >= 11 is 1.14. The van der Waals surface area contributed by atoms with Crippen molar-refractivity contribution in [2.24, 2.45) is 4.99 Å². The number of nitrogens with zero attached hydrogens (tertiary/aromatic N) is 1. The Morgan fingerprint density at radius 1 is 1.25 bits per heavy atom. The molecule has 2 aromatic rings. The van der Waals surface area contributed by atoms with Gasteiger partial charge < -0.3 is 10.6 Å². The van der Waals surface area contributed by atoms with Crippen LogP contribution in [0.1, 0.15) is 25.5 Å². The lowest BCUT2D eigenvalue weighted by Crippen LogP contribution is -2.39. The molecule has 0 radical (unpaired) electrons. The van der Waals surface area contributed by atoms with E-state index in [0.717, 1.165) is 23.5 Å². The van der Waals surface area contributed by atoms with Crippen LogP contribution in [0.5, 0.6) is 0 Å². The van der Waals surface area contributed by atoms with Gasteiger partial charge in [-0.25, -0.2) is 21.9 Å². The average molecular weight is 544 g/mol. The number of aliphatic imine (C=N–C) groups is 1. The summed E-state index contributed by atoms with van der Waals surface area (Å²) < 4.78 is 53.3. The molecule has 0 bridgehead atoms. The Balaban J connectivity index is 0.00000392. The molecule has 1 atom stereocenters. The number of nitrogens with one attached hydrogen (secondary N) is 3. The SMILES string of the molecule is CCNC(=NCCNS(=O)(=O)c1cccs1)NC(C)c1ccc(F)c(F)c1.I. The zero-order valence-corrected chi connectivity index (χ0v) is 19.4. The highest BCUT2D eigenvalue weighted by Gasteiger charge is 2.14. The third-order valence-corrected chi connectivity index (χ3v) is 6.43. The molecular formula is C17H23F2IN4O2S2. The summed E-state index contributed by atoms with van der Waals surface area (Å²) in [4.78, 5) is 4.31. The van der Waals surface area contributed by atoms with Crippen LogP contribution < -0.4 is 15.4 Å². The molecule has 0 saturated carbocycles. The Labute approximate surface area is 184 Å². The maximum atomic E-state index is 13.4. The van der Waals surface area contributed by atoms with E-state index in [0.29, 0.717) is 18.1 Å². The fourth-order valence-corrected chi connectivity index (χ4v) is 4.28. The molecule has 0 aliphatic heterocycles. The third-order valence-electron chi connectivity index (χ3n) is 3.57. The topological polar surface area (TPSA) is 82.6 Å². The monoisotopic (exact) mass is 544 g/mol. The van der Waals surface area contributed by atoms with Crippen molar-refractivity contribution in [3.05, 3.63) is 52.9 Å². The molecule has 156 valence electrons. The first-order valence-corrected chi connectivity index (χ1v) is 10.7. The molecule has 11 heteroatoms. The highest BCUT2D eigenvalue weighted by Crippen LogP contribution is 2.16. The summed E-state index contributed by atoms with van der Waals surface area (Å²) in [5.74, 6) is -1.36. The summed E-state index contributed by atoms with van der Waals surface area (Å²) in [5, 5.41) is 7.81. The van der Waals surface area contributed by atoms with Gasteiger partial charge in [-0.2, -0.15) is 0 Å². The molecule has 28 heavy (non-hydrogen) atoms. The van der Waals surface area contributed by atoms with E-state index >= 15 is 0 Å². The maximum absolute atomic E-state index is 13.4. The van der Waals surface area contributed by atoms with Gasteiger partial charge in [0.2, 0.25) is 10.0 Å². The number of benzene rings is 1. The van der Waals surface area contributed by atoms with Gasteiger partial charge in [-0.15, -0.1) is 35.3 Å². The second kappa shape index (κ2) is 11.6. The zero-order chi connectivity index (χ0) is 19.9. The van der Waals surface area contributed by atoms with E-state index in [1.807, 2.05) is 6.92 Å². The normalized spacial score (nSPS) is 12.9. The van der Waals surface area contributed by atoms with Crippen LogP contribution in [0.4, 0.5) is 8.78 Å². The molecule has 1 heterocycles. The minimum atomic E-state index is -3.52. The highest BCUT2D eigenvalue weighted by molar-refractivity contribution is 14.0. The van der Waals surface area contributed by atoms with E-state index in [9.17, 15) is 17.2 Å². The predicted molar refractivity (Wildman–Crippen MR) is 119 cm³/mol. The first-order valence-electron chi connectivity index (χ1n) is 8.36. The summed E-state index contributed by atoms with van der Waals surface area (Å²) in [7, 11) is -3.52. The van der Waals surface area contributed by atoms with Crippen molar-refractivity contribution in [3.8, 4) is 0 Å². The van der Waals surface area contributed by atoms with Gasteiger partial charge in [0.05, 0.1) is 12.6 Å². The number of guanidine groups is 1. The molecule has 1 aromatic heterocycles. The van der Waals surface area contributed by atoms with E-state index in [1.54, 1.807) is 18.4 Å². The van der Waals surface area contributed by atoms with E-state index in [4.69, 9.17) is 0 Å². The van der Waals surface area contributed by atoms with Gasteiger partial charge >= 0.3 is 0 Å².